The summed E-state index contributed by atoms with van der Waals surface area (Å²) in [6, 6.07) is 7.69. The number of carbonyl (C=O) groups excluding carboxylic acids is 2. The van der Waals surface area contributed by atoms with Crippen molar-refractivity contribution >= 4 is 33.8 Å². The summed E-state index contributed by atoms with van der Waals surface area (Å²) in [7, 11) is 0. The van der Waals surface area contributed by atoms with Crippen molar-refractivity contribution in [1.82, 2.24) is 10.2 Å². The third-order valence-electron chi connectivity index (χ3n) is 5.83. The molecule has 3 aliphatic rings. The van der Waals surface area contributed by atoms with Crippen LogP contribution in [0, 0.1) is 0 Å². The van der Waals surface area contributed by atoms with Crippen LogP contribution in [0.15, 0.2) is 34.5 Å². The van der Waals surface area contributed by atoms with Gasteiger partial charge in [0.15, 0.2) is 5.76 Å². The van der Waals surface area contributed by atoms with Gasteiger partial charge in [-0.05, 0) is 55.9 Å². The Morgan fingerprint density at radius 2 is 2.10 bits per heavy atom. The largest absolute Gasteiger partial charge is 0.482 e. The van der Waals surface area contributed by atoms with E-state index in [0.717, 1.165) is 55.2 Å². The molecule has 2 aliphatic heterocycles. The van der Waals surface area contributed by atoms with Gasteiger partial charge in [-0.25, -0.2) is 0 Å². The number of halogens is 1. The van der Waals surface area contributed by atoms with Crippen LogP contribution in [-0.4, -0.2) is 54.7 Å². The SMILES string of the molecule is O=C(CN1C(=O)/C(=C\c2cccc(Br)c2)OC2CCCCC21)NCC1CCCO1. The minimum atomic E-state index is -0.208. The van der Waals surface area contributed by atoms with E-state index in [1.54, 1.807) is 11.0 Å². The number of fused-ring (bicyclic) bond motifs is 1. The Hall–Kier alpha value is -1.86. The molecule has 1 N–H and O–H groups in total. The van der Waals surface area contributed by atoms with Gasteiger partial charge in [-0.2, -0.15) is 0 Å². The van der Waals surface area contributed by atoms with Gasteiger partial charge in [0, 0.05) is 17.6 Å². The molecular weight excluding hydrogens is 436 g/mol. The van der Waals surface area contributed by atoms with Gasteiger partial charge in [-0.15, -0.1) is 0 Å². The van der Waals surface area contributed by atoms with Crippen LogP contribution < -0.4 is 5.32 Å². The van der Waals surface area contributed by atoms with Crippen molar-refractivity contribution in [3.63, 3.8) is 0 Å². The fraction of sp³-hybridized carbons (Fsp3) is 0.545. The monoisotopic (exact) mass is 462 g/mol. The normalized spacial score (nSPS) is 28.2. The number of nitrogens with zero attached hydrogens (tertiary/aromatic N) is 1. The number of hydrogen-bond donors (Lipinski definition) is 1. The third kappa shape index (κ3) is 5.01. The van der Waals surface area contributed by atoms with E-state index in [2.05, 4.69) is 21.2 Å². The van der Waals surface area contributed by atoms with Gasteiger partial charge in [0.05, 0.1) is 12.1 Å². The number of carbonyl (C=O) groups is 2. The molecule has 1 aliphatic carbocycles. The number of rotatable bonds is 5. The molecule has 2 saturated heterocycles. The second-order valence-electron chi connectivity index (χ2n) is 7.94. The lowest BCUT2D eigenvalue weighted by molar-refractivity contribution is -0.151. The molecule has 1 saturated carbocycles. The van der Waals surface area contributed by atoms with Gasteiger partial charge in [0.1, 0.15) is 12.6 Å². The summed E-state index contributed by atoms with van der Waals surface area (Å²) in [5, 5.41) is 2.94. The minimum Gasteiger partial charge on any atom is -0.482 e. The molecule has 6 nitrogen and oxygen atoms in total. The van der Waals surface area contributed by atoms with Gasteiger partial charge >= 0.3 is 0 Å². The summed E-state index contributed by atoms with van der Waals surface area (Å²) < 4.78 is 12.6. The first kappa shape index (κ1) is 20.4. The molecule has 0 aromatic heterocycles. The lowest BCUT2D eigenvalue weighted by Gasteiger charge is -2.44. The van der Waals surface area contributed by atoms with Crippen LogP contribution in [0.25, 0.3) is 6.08 Å². The maximum absolute atomic E-state index is 13.2. The standard InChI is InChI=1S/C22H27BrN2O4/c23-16-6-3-5-15(11-16)12-20-22(27)25(18-8-1-2-9-19(18)29-20)14-21(26)24-13-17-7-4-10-28-17/h3,5-6,11-12,17-19H,1-2,4,7-10,13-14H2,(H,24,26)/b20-12+. The predicted octanol–water partition coefficient (Wildman–Crippen LogP) is 3.26. The molecule has 3 unspecified atom stereocenters. The van der Waals surface area contributed by atoms with Crippen molar-refractivity contribution in [3.05, 3.63) is 40.1 Å². The highest BCUT2D eigenvalue weighted by Crippen LogP contribution is 2.33. The van der Waals surface area contributed by atoms with E-state index in [0.29, 0.717) is 12.3 Å². The summed E-state index contributed by atoms with van der Waals surface area (Å²) in [5.74, 6) is -0.0274. The maximum atomic E-state index is 13.2. The molecule has 4 rings (SSSR count). The van der Waals surface area contributed by atoms with Crippen LogP contribution in [-0.2, 0) is 19.1 Å². The first-order valence-corrected chi connectivity index (χ1v) is 11.2. The highest BCUT2D eigenvalue weighted by Gasteiger charge is 2.42. The smallest absolute Gasteiger partial charge is 0.289 e. The number of morpholine rings is 1. The van der Waals surface area contributed by atoms with Gasteiger partial charge in [-0.1, -0.05) is 34.5 Å². The van der Waals surface area contributed by atoms with E-state index in [1.807, 2.05) is 24.3 Å². The van der Waals surface area contributed by atoms with Crippen molar-refractivity contribution in [2.75, 3.05) is 19.7 Å². The molecule has 29 heavy (non-hydrogen) atoms. The Morgan fingerprint density at radius 3 is 2.90 bits per heavy atom. The first-order chi connectivity index (χ1) is 14.1. The van der Waals surface area contributed by atoms with Crippen molar-refractivity contribution in [2.45, 2.75) is 56.8 Å². The Bertz CT molecular complexity index is 791. The number of nitrogens with one attached hydrogen (secondary N) is 1. The second kappa shape index (κ2) is 9.30. The first-order valence-electron chi connectivity index (χ1n) is 10.4. The Kier molecular flexibility index (Phi) is 6.55. The molecule has 2 heterocycles. The molecule has 0 radical (unpaired) electrons. The molecular formula is C22H27BrN2O4. The molecule has 0 spiro atoms. The van der Waals surface area contributed by atoms with E-state index in [4.69, 9.17) is 9.47 Å². The van der Waals surface area contributed by atoms with Crippen LogP contribution in [0.5, 0.6) is 0 Å². The molecule has 1 aromatic rings. The minimum absolute atomic E-state index is 0.0376. The zero-order valence-electron chi connectivity index (χ0n) is 16.4. The summed E-state index contributed by atoms with van der Waals surface area (Å²) in [4.78, 5) is 27.5. The zero-order valence-corrected chi connectivity index (χ0v) is 18.0. The summed E-state index contributed by atoms with van der Waals surface area (Å²) in [6.07, 6.45) is 7.74. The highest BCUT2D eigenvalue weighted by molar-refractivity contribution is 9.10. The number of benzene rings is 1. The molecule has 3 atom stereocenters. The predicted molar refractivity (Wildman–Crippen MR) is 113 cm³/mol. The van der Waals surface area contributed by atoms with Crippen molar-refractivity contribution in [3.8, 4) is 0 Å². The molecule has 156 valence electrons. The van der Waals surface area contributed by atoms with E-state index in [9.17, 15) is 9.59 Å². The van der Waals surface area contributed by atoms with Crippen LogP contribution in [0.3, 0.4) is 0 Å². The summed E-state index contributed by atoms with van der Waals surface area (Å²) in [6.45, 7) is 1.33. The summed E-state index contributed by atoms with van der Waals surface area (Å²) >= 11 is 3.46. The average molecular weight is 463 g/mol. The van der Waals surface area contributed by atoms with Crippen molar-refractivity contribution in [2.24, 2.45) is 0 Å². The molecule has 3 fully saturated rings. The van der Waals surface area contributed by atoms with E-state index < -0.39 is 0 Å². The van der Waals surface area contributed by atoms with Crippen molar-refractivity contribution < 1.29 is 19.1 Å². The van der Waals surface area contributed by atoms with Crippen LogP contribution in [0.4, 0.5) is 0 Å². The maximum Gasteiger partial charge on any atom is 0.289 e. The fourth-order valence-corrected chi connectivity index (χ4v) is 4.77. The lowest BCUT2D eigenvalue weighted by atomic mass is 9.89. The Morgan fingerprint density at radius 1 is 1.24 bits per heavy atom. The topological polar surface area (TPSA) is 67.9 Å². The lowest BCUT2D eigenvalue weighted by Crippen LogP contribution is -2.57. The quantitative estimate of drug-likeness (QED) is 0.681. The second-order valence-corrected chi connectivity index (χ2v) is 8.86. The molecule has 1 aromatic carbocycles. The average Bonchev–Trinajstić information content (AvgIpc) is 3.23. The van der Waals surface area contributed by atoms with E-state index in [1.165, 1.54) is 0 Å². The van der Waals surface area contributed by atoms with Gasteiger partial charge in [0.2, 0.25) is 5.91 Å². The molecule has 0 bridgehead atoms. The molecule has 7 heteroatoms. The fourth-order valence-electron chi connectivity index (χ4n) is 4.35. The van der Waals surface area contributed by atoms with Gasteiger partial charge in [0.25, 0.3) is 5.91 Å². The van der Waals surface area contributed by atoms with E-state index in [-0.39, 0.29) is 36.6 Å². The number of hydrogen-bond acceptors (Lipinski definition) is 4. The zero-order chi connectivity index (χ0) is 20.2. The Labute approximate surface area is 179 Å². The van der Waals surface area contributed by atoms with Crippen molar-refractivity contribution in [1.29, 1.82) is 0 Å². The van der Waals surface area contributed by atoms with E-state index >= 15 is 0 Å². The number of amides is 2. The van der Waals surface area contributed by atoms with Crippen LogP contribution in [0.1, 0.15) is 44.1 Å². The Balaban J connectivity index is 1.48. The third-order valence-corrected chi connectivity index (χ3v) is 6.32. The van der Waals surface area contributed by atoms with Crippen LogP contribution in [0.2, 0.25) is 0 Å². The van der Waals surface area contributed by atoms with Gasteiger partial charge < -0.3 is 19.7 Å². The van der Waals surface area contributed by atoms with Crippen LogP contribution >= 0.6 is 15.9 Å². The molecule has 2 amide bonds. The van der Waals surface area contributed by atoms with Gasteiger partial charge in [-0.3, -0.25) is 9.59 Å². The number of ether oxygens (including phenoxy) is 2. The highest BCUT2D eigenvalue weighted by atomic mass is 79.9. The summed E-state index contributed by atoms with van der Waals surface area (Å²) in [5.41, 5.74) is 0.889.